The summed E-state index contributed by atoms with van der Waals surface area (Å²) in [7, 11) is 0. The molecule has 9 heteroatoms. The second-order valence-corrected chi connectivity index (χ2v) is 10.9. The van der Waals surface area contributed by atoms with Crippen LogP contribution in [0.25, 0.3) is 6.08 Å². The van der Waals surface area contributed by atoms with E-state index < -0.39 is 0 Å². The highest BCUT2D eigenvalue weighted by atomic mass is 32.2. The maximum atomic E-state index is 12.7. The van der Waals surface area contributed by atoms with Crippen molar-refractivity contribution in [1.29, 1.82) is 0 Å². The number of carbonyl (C=O) groups excluding carboxylic acids is 2. The number of nitrogens with one attached hydrogen (secondary N) is 1. The van der Waals surface area contributed by atoms with Crippen molar-refractivity contribution >= 4 is 62.7 Å². The van der Waals surface area contributed by atoms with E-state index in [1.807, 2.05) is 37.3 Å². The van der Waals surface area contributed by atoms with Gasteiger partial charge in [0.05, 0.1) is 4.91 Å². The molecule has 1 aromatic heterocycles. The Labute approximate surface area is 202 Å². The molecule has 2 heterocycles. The molecule has 2 aromatic rings. The summed E-state index contributed by atoms with van der Waals surface area (Å²) in [5.74, 6) is 0.421. The van der Waals surface area contributed by atoms with Crippen LogP contribution in [0.5, 0.6) is 0 Å². The minimum atomic E-state index is -0.0520. The number of anilines is 1. The molecular weight excluding hydrogens is 460 g/mol. The Morgan fingerprint density at radius 2 is 1.94 bits per heavy atom. The summed E-state index contributed by atoms with van der Waals surface area (Å²) < 4.78 is 0.597. The number of aryl methyl sites for hydroxylation is 1. The molecule has 0 saturated carbocycles. The van der Waals surface area contributed by atoms with Crippen LogP contribution >= 0.6 is 35.3 Å². The van der Waals surface area contributed by atoms with Gasteiger partial charge in [-0.25, -0.2) is 0 Å². The van der Waals surface area contributed by atoms with Gasteiger partial charge in [0.25, 0.3) is 5.91 Å². The largest absolute Gasteiger partial charge is 0.301 e. The predicted octanol–water partition coefficient (Wildman–Crippen LogP) is 5.45. The molecule has 0 atom stereocenters. The van der Waals surface area contributed by atoms with Gasteiger partial charge >= 0.3 is 0 Å². The van der Waals surface area contributed by atoms with Gasteiger partial charge in [-0.05, 0) is 37.3 Å². The third kappa shape index (κ3) is 7.21. The van der Waals surface area contributed by atoms with Crippen molar-refractivity contribution in [2.24, 2.45) is 5.92 Å². The van der Waals surface area contributed by atoms with Crippen LogP contribution in [0.4, 0.5) is 5.13 Å². The molecule has 3 rings (SSSR count). The maximum absolute atomic E-state index is 12.7. The van der Waals surface area contributed by atoms with Gasteiger partial charge in [0.2, 0.25) is 11.0 Å². The van der Waals surface area contributed by atoms with Gasteiger partial charge in [-0.3, -0.25) is 14.5 Å². The number of hydrogen-bond donors (Lipinski definition) is 1. The molecule has 1 N–H and O–H groups in total. The van der Waals surface area contributed by atoms with Crippen molar-refractivity contribution in [3.8, 4) is 0 Å². The number of thioether (sulfide) groups is 1. The third-order valence-corrected chi connectivity index (χ3v) is 7.07. The molecule has 1 aromatic carbocycles. The number of rotatable bonds is 10. The number of carbonyl (C=O) groups is 2. The molecule has 0 unspecified atom stereocenters. The molecule has 170 valence electrons. The second kappa shape index (κ2) is 11.7. The number of unbranched alkanes of at least 4 members (excludes halogenated alkanes) is 2. The zero-order valence-electron chi connectivity index (χ0n) is 18.6. The van der Waals surface area contributed by atoms with Crippen LogP contribution < -0.4 is 5.32 Å². The highest BCUT2D eigenvalue weighted by Crippen LogP contribution is 2.32. The molecular formula is C23H28N4O2S3. The molecule has 0 aliphatic carbocycles. The third-order valence-electron chi connectivity index (χ3n) is 4.83. The zero-order valence-corrected chi connectivity index (χ0v) is 21.0. The summed E-state index contributed by atoms with van der Waals surface area (Å²) in [6, 6.07) is 8.05. The normalized spacial score (nSPS) is 15.2. The molecule has 0 spiro atoms. The van der Waals surface area contributed by atoms with E-state index in [0.717, 1.165) is 36.3 Å². The average molecular weight is 489 g/mol. The van der Waals surface area contributed by atoms with E-state index in [9.17, 15) is 9.59 Å². The minimum absolute atomic E-state index is 0.0354. The Morgan fingerprint density at radius 1 is 1.19 bits per heavy atom. The first kappa shape index (κ1) is 24.5. The van der Waals surface area contributed by atoms with E-state index in [2.05, 4.69) is 29.4 Å². The lowest BCUT2D eigenvalue weighted by atomic mass is 10.1. The van der Waals surface area contributed by atoms with Crippen LogP contribution in [0.1, 0.15) is 55.7 Å². The number of hydrogen-bond acceptors (Lipinski definition) is 7. The molecule has 1 aliphatic rings. The van der Waals surface area contributed by atoms with Crippen LogP contribution in [0.3, 0.4) is 0 Å². The highest BCUT2D eigenvalue weighted by molar-refractivity contribution is 8.26. The van der Waals surface area contributed by atoms with Gasteiger partial charge < -0.3 is 5.32 Å². The van der Waals surface area contributed by atoms with E-state index in [-0.39, 0.29) is 11.8 Å². The molecule has 1 saturated heterocycles. The minimum Gasteiger partial charge on any atom is -0.301 e. The summed E-state index contributed by atoms with van der Waals surface area (Å²) >= 11 is 8.18. The summed E-state index contributed by atoms with van der Waals surface area (Å²) in [4.78, 5) is 27.2. The van der Waals surface area contributed by atoms with Crippen molar-refractivity contribution in [2.45, 2.75) is 52.9 Å². The van der Waals surface area contributed by atoms with Gasteiger partial charge in [-0.15, -0.1) is 10.2 Å². The summed E-state index contributed by atoms with van der Waals surface area (Å²) in [5.41, 5.74) is 2.18. The molecule has 0 bridgehead atoms. The molecule has 2 amide bonds. The molecule has 1 fully saturated rings. The summed E-state index contributed by atoms with van der Waals surface area (Å²) in [6.45, 7) is 6.86. The van der Waals surface area contributed by atoms with E-state index >= 15 is 0 Å². The predicted molar refractivity (Wildman–Crippen MR) is 137 cm³/mol. The Balaban J connectivity index is 1.38. The first-order chi connectivity index (χ1) is 15.3. The lowest BCUT2D eigenvalue weighted by Gasteiger charge is -2.14. The van der Waals surface area contributed by atoms with Crippen LogP contribution in [0.2, 0.25) is 0 Å². The van der Waals surface area contributed by atoms with Crippen LogP contribution in [0, 0.1) is 12.8 Å². The Hall–Kier alpha value is -2.10. The second-order valence-electron chi connectivity index (χ2n) is 8.20. The lowest BCUT2D eigenvalue weighted by Crippen LogP contribution is -2.29. The summed E-state index contributed by atoms with van der Waals surface area (Å²) in [6.07, 6.45) is 5.57. The average Bonchev–Trinajstić information content (AvgIpc) is 3.27. The number of benzene rings is 1. The Bertz CT molecular complexity index is 999. The van der Waals surface area contributed by atoms with Gasteiger partial charge in [-0.2, -0.15) is 0 Å². The molecule has 32 heavy (non-hydrogen) atoms. The smallest absolute Gasteiger partial charge is 0.266 e. The van der Waals surface area contributed by atoms with E-state index in [4.69, 9.17) is 12.2 Å². The highest BCUT2D eigenvalue weighted by Gasteiger charge is 2.31. The quantitative estimate of drug-likeness (QED) is 0.272. The van der Waals surface area contributed by atoms with Crippen molar-refractivity contribution < 1.29 is 9.59 Å². The van der Waals surface area contributed by atoms with Crippen LogP contribution in [-0.2, 0) is 16.0 Å². The zero-order chi connectivity index (χ0) is 23.1. The first-order valence-corrected chi connectivity index (χ1v) is 12.8. The van der Waals surface area contributed by atoms with E-state index in [0.29, 0.717) is 33.2 Å². The Morgan fingerprint density at radius 3 is 2.66 bits per heavy atom. The number of thiocarbonyl (C=S) groups is 1. The maximum Gasteiger partial charge on any atom is 0.266 e. The fourth-order valence-corrected chi connectivity index (χ4v) is 5.43. The summed E-state index contributed by atoms with van der Waals surface area (Å²) in [5, 5.41) is 12.5. The molecule has 6 nitrogen and oxygen atoms in total. The molecule has 0 radical (unpaired) electrons. The monoisotopic (exact) mass is 488 g/mol. The van der Waals surface area contributed by atoms with Gasteiger partial charge in [0.1, 0.15) is 9.33 Å². The fraction of sp³-hybridized carbons (Fsp3) is 0.435. The van der Waals surface area contributed by atoms with Crippen molar-refractivity contribution in [3.63, 3.8) is 0 Å². The topological polar surface area (TPSA) is 75.2 Å². The van der Waals surface area contributed by atoms with Crippen LogP contribution in [-0.4, -0.2) is 37.8 Å². The number of amides is 2. The van der Waals surface area contributed by atoms with Crippen molar-refractivity contribution in [3.05, 3.63) is 45.3 Å². The van der Waals surface area contributed by atoms with Gasteiger partial charge in [0, 0.05) is 19.4 Å². The lowest BCUT2D eigenvalue weighted by molar-refractivity contribution is -0.122. The first-order valence-electron chi connectivity index (χ1n) is 10.8. The molecule has 1 aliphatic heterocycles. The Kier molecular flexibility index (Phi) is 8.95. The van der Waals surface area contributed by atoms with Gasteiger partial charge in [0.15, 0.2) is 0 Å². The van der Waals surface area contributed by atoms with E-state index in [1.165, 1.54) is 28.7 Å². The SMILES string of the molecule is Cc1ccc(C=C2SC(=S)N(CCCCCC(=O)Nc3nnc(CC(C)C)s3)C2=O)cc1. The van der Waals surface area contributed by atoms with Crippen molar-refractivity contribution in [1.82, 2.24) is 15.1 Å². The van der Waals surface area contributed by atoms with Crippen molar-refractivity contribution in [2.75, 3.05) is 11.9 Å². The fourth-order valence-electron chi connectivity index (χ4n) is 3.16. The van der Waals surface area contributed by atoms with Gasteiger partial charge in [-0.1, -0.05) is 85.4 Å². The van der Waals surface area contributed by atoms with E-state index in [1.54, 1.807) is 4.90 Å². The van der Waals surface area contributed by atoms with Crippen LogP contribution in [0.15, 0.2) is 29.2 Å². The number of aromatic nitrogens is 2. The standard InChI is InChI=1S/C23H28N4O2S3/c1-15(2)13-20-25-26-22(32-20)24-19(28)7-5-4-6-12-27-21(29)18(31-23(27)30)14-17-10-8-16(3)9-11-17/h8-11,14-15H,4-7,12-13H2,1-3H3,(H,24,26,28). The number of nitrogens with zero attached hydrogens (tertiary/aromatic N) is 3.